The van der Waals surface area contributed by atoms with Gasteiger partial charge in [-0.3, -0.25) is 4.79 Å². The number of carbonyl (C=O) groups excluding carboxylic acids is 1. The summed E-state index contributed by atoms with van der Waals surface area (Å²) < 4.78 is 0. The van der Waals surface area contributed by atoms with E-state index in [9.17, 15) is 4.79 Å². The Morgan fingerprint density at radius 3 is 2.67 bits per heavy atom. The van der Waals surface area contributed by atoms with Crippen LogP contribution in [0.5, 0.6) is 0 Å². The van der Waals surface area contributed by atoms with Crippen LogP contribution in [0.4, 0.5) is 5.82 Å². The Kier molecular flexibility index (Phi) is 4.92. The van der Waals surface area contributed by atoms with Crippen LogP contribution in [0.2, 0.25) is 0 Å². The Morgan fingerprint density at radius 2 is 2.08 bits per heavy atom. The standard InChI is InChI=1S/C17H24N6O/c1-10(2)7-12(18-6)21-13-9-20-15-14(22-13)11(8-19-15)16(24)23-17(3,4)5/h7-9,18H,1H2,2-6H3,(H,19,20)(H,21,22)(H,23,24)/b12-7+. The average molecular weight is 328 g/mol. The number of H-pyrrole nitrogens is 1. The molecule has 0 aliphatic heterocycles. The molecule has 0 saturated heterocycles. The maximum absolute atomic E-state index is 12.4. The highest BCUT2D eigenvalue weighted by molar-refractivity contribution is 6.04. The summed E-state index contributed by atoms with van der Waals surface area (Å²) in [6.45, 7) is 11.5. The summed E-state index contributed by atoms with van der Waals surface area (Å²) >= 11 is 0. The minimum Gasteiger partial charge on any atom is -0.375 e. The molecule has 0 aromatic carbocycles. The number of rotatable bonds is 5. The average Bonchev–Trinajstić information content (AvgIpc) is 2.87. The van der Waals surface area contributed by atoms with E-state index in [1.54, 1.807) is 19.4 Å². The van der Waals surface area contributed by atoms with Gasteiger partial charge >= 0.3 is 0 Å². The van der Waals surface area contributed by atoms with Crippen LogP contribution < -0.4 is 16.0 Å². The minimum absolute atomic E-state index is 0.188. The molecule has 7 nitrogen and oxygen atoms in total. The summed E-state index contributed by atoms with van der Waals surface area (Å²) in [5.41, 5.74) is 2.12. The normalized spacial score (nSPS) is 12.1. The van der Waals surface area contributed by atoms with Crippen molar-refractivity contribution in [3.05, 3.63) is 42.0 Å². The van der Waals surface area contributed by atoms with E-state index >= 15 is 0 Å². The molecule has 2 rings (SSSR count). The van der Waals surface area contributed by atoms with Gasteiger partial charge in [0.2, 0.25) is 0 Å². The summed E-state index contributed by atoms with van der Waals surface area (Å²) in [5, 5.41) is 9.08. The monoisotopic (exact) mass is 328 g/mol. The topological polar surface area (TPSA) is 94.7 Å². The first-order chi connectivity index (χ1) is 11.2. The van der Waals surface area contributed by atoms with Crippen molar-refractivity contribution in [1.29, 1.82) is 0 Å². The molecule has 2 heterocycles. The first kappa shape index (κ1) is 17.5. The molecule has 24 heavy (non-hydrogen) atoms. The molecule has 1 amide bonds. The van der Waals surface area contributed by atoms with Crippen LogP contribution in [0.25, 0.3) is 11.2 Å². The Bertz CT molecular complexity index is 797. The summed E-state index contributed by atoms with van der Waals surface area (Å²) in [6.07, 6.45) is 5.09. The number of hydrogen-bond acceptors (Lipinski definition) is 5. The van der Waals surface area contributed by atoms with Crippen molar-refractivity contribution in [1.82, 2.24) is 25.6 Å². The zero-order valence-electron chi connectivity index (χ0n) is 14.7. The Labute approximate surface area is 141 Å². The van der Waals surface area contributed by atoms with Gasteiger partial charge in [-0.05, 0) is 33.8 Å². The lowest BCUT2D eigenvalue weighted by Gasteiger charge is -2.20. The number of nitrogens with one attached hydrogen (secondary N) is 4. The second kappa shape index (κ2) is 6.74. The van der Waals surface area contributed by atoms with E-state index in [1.165, 1.54) is 0 Å². The van der Waals surface area contributed by atoms with Gasteiger partial charge in [-0.2, -0.15) is 0 Å². The second-order valence-electron chi connectivity index (χ2n) is 6.64. The zero-order valence-corrected chi connectivity index (χ0v) is 14.7. The number of allylic oxidation sites excluding steroid dienone is 2. The maximum atomic E-state index is 12.4. The number of anilines is 1. The molecule has 0 bridgehead atoms. The van der Waals surface area contributed by atoms with Crippen LogP contribution in [0, 0.1) is 0 Å². The van der Waals surface area contributed by atoms with Crippen molar-refractivity contribution in [2.75, 3.05) is 12.4 Å². The number of hydrogen-bond donors (Lipinski definition) is 4. The van der Waals surface area contributed by atoms with Crippen molar-refractivity contribution >= 4 is 22.9 Å². The SMILES string of the molecule is C=C(C)/C=C(\NC)Nc1cnc2[nH]cc(C(=O)NC(C)(C)C)c2n1. The lowest BCUT2D eigenvalue weighted by atomic mass is 10.1. The van der Waals surface area contributed by atoms with Crippen LogP contribution in [0.15, 0.2) is 36.4 Å². The highest BCUT2D eigenvalue weighted by Crippen LogP contribution is 2.18. The van der Waals surface area contributed by atoms with Crippen molar-refractivity contribution in [3.63, 3.8) is 0 Å². The number of amides is 1. The Hall–Kier alpha value is -2.83. The van der Waals surface area contributed by atoms with Crippen molar-refractivity contribution in [2.45, 2.75) is 33.2 Å². The minimum atomic E-state index is -0.326. The van der Waals surface area contributed by atoms with Gasteiger partial charge in [-0.1, -0.05) is 12.2 Å². The molecule has 4 N–H and O–H groups in total. The third-order valence-corrected chi connectivity index (χ3v) is 3.04. The molecule has 2 aromatic heterocycles. The lowest BCUT2D eigenvalue weighted by molar-refractivity contribution is 0.0921. The number of aromatic amines is 1. The Morgan fingerprint density at radius 1 is 1.38 bits per heavy atom. The molecule has 0 radical (unpaired) electrons. The molecule has 0 saturated carbocycles. The first-order valence-corrected chi connectivity index (χ1v) is 7.68. The fourth-order valence-electron chi connectivity index (χ4n) is 2.09. The fraction of sp³-hybridized carbons (Fsp3) is 0.353. The van der Waals surface area contributed by atoms with Crippen LogP contribution in [0.3, 0.4) is 0 Å². The first-order valence-electron chi connectivity index (χ1n) is 7.68. The third-order valence-electron chi connectivity index (χ3n) is 3.04. The number of carbonyl (C=O) groups is 1. The fourth-order valence-corrected chi connectivity index (χ4v) is 2.09. The molecule has 0 spiro atoms. The molecule has 0 atom stereocenters. The molecule has 128 valence electrons. The predicted octanol–water partition coefficient (Wildman–Crippen LogP) is 2.54. The smallest absolute Gasteiger partial charge is 0.255 e. The zero-order chi connectivity index (χ0) is 17.9. The van der Waals surface area contributed by atoms with Crippen molar-refractivity contribution in [2.24, 2.45) is 0 Å². The van der Waals surface area contributed by atoms with E-state index in [2.05, 4.69) is 37.5 Å². The van der Waals surface area contributed by atoms with Gasteiger partial charge in [0.05, 0.1) is 11.8 Å². The summed E-state index contributed by atoms with van der Waals surface area (Å²) in [6, 6.07) is 0. The van der Waals surface area contributed by atoms with E-state index in [4.69, 9.17) is 0 Å². The summed E-state index contributed by atoms with van der Waals surface area (Å²) in [4.78, 5) is 24.2. The summed E-state index contributed by atoms with van der Waals surface area (Å²) in [7, 11) is 1.80. The van der Waals surface area contributed by atoms with E-state index in [0.717, 1.165) is 11.4 Å². The highest BCUT2D eigenvalue weighted by atomic mass is 16.1. The molecule has 2 aromatic rings. The maximum Gasteiger partial charge on any atom is 0.255 e. The van der Waals surface area contributed by atoms with E-state index in [-0.39, 0.29) is 11.4 Å². The highest BCUT2D eigenvalue weighted by Gasteiger charge is 2.19. The van der Waals surface area contributed by atoms with Gasteiger partial charge in [-0.15, -0.1) is 0 Å². The van der Waals surface area contributed by atoms with Gasteiger partial charge in [0, 0.05) is 18.8 Å². The van der Waals surface area contributed by atoms with E-state index in [0.29, 0.717) is 22.5 Å². The summed E-state index contributed by atoms with van der Waals surface area (Å²) in [5.74, 6) is 1.09. The van der Waals surface area contributed by atoms with E-state index < -0.39 is 0 Å². The second-order valence-corrected chi connectivity index (χ2v) is 6.64. The largest absolute Gasteiger partial charge is 0.375 e. The molecule has 0 aliphatic rings. The number of nitrogens with zero attached hydrogens (tertiary/aromatic N) is 2. The molecular weight excluding hydrogens is 304 g/mol. The molecule has 7 heteroatoms. The lowest BCUT2D eigenvalue weighted by Crippen LogP contribution is -2.40. The van der Waals surface area contributed by atoms with Crippen molar-refractivity contribution in [3.8, 4) is 0 Å². The predicted molar refractivity (Wildman–Crippen MR) is 96.7 cm³/mol. The van der Waals surface area contributed by atoms with Crippen LogP contribution in [0.1, 0.15) is 38.1 Å². The van der Waals surface area contributed by atoms with Gasteiger partial charge in [0.15, 0.2) is 11.5 Å². The van der Waals surface area contributed by atoms with Gasteiger partial charge in [0.1, 0.15) is 11.3 Å². The van der Waals surface area contributed by atoms with Gasteiger partial charge < -0.3 is 20.9 Å². The quantitative estimate of drug-likeness (QED) is 0.633. The molecule has 0 fully saturated rings. The molecule has 0 aliphatic carbocycles. The number of fused-ring (bicyclic) bond motifs is 1. The molecular formula is C17H24N6O. The van der Waals surface area contributed by atoms with Crippen LogP contribution >= 0.6 is 0 Å². The van der Waals surface area contributed by atoms with E-state index in [1.807, 2.05) is 33.8 Å². The van der Waals surface area contributed by atoms with Crippen LogP contribution in [-0.2, 0) is 0 Å². The van der Waals surface area contributed by atoms with Gasteiger partial charge in [0.25, 0.3) is 5.91 Å². The third kappa shape index (κ3) is 4.34. The van der Waals surface area contributed by atoms with Crippen LogP contribution in [-0.4, -0.2) is 33.4 Å². The molecule has 0 unspecified atom stereocenters. The van der Waals surface area contributed by atoms with Crippen molar-refractivity contribution < 1.29 is 4.79 Å². The Balaban J connectivity index is 2.34. The number of aromatic nitrogens is 3. The van der Waals surface area contributed by atoms with Gasteiger partial charge in [-0.25, -0.2) is 9.97 Å².